The van der Waals surface area contributed by atoms with Crippen LogP contribution in [0.1, 0.15) is 51.9 Å². The van der Waals surface area contributed by atoms with Crippen molar-refractivity contribution in [2.24, 2.45) is 0 Å². The molecule has 0 saturated carbocycles. The van der Waals surface area contributed by atoms with Crippen LogP contribution in [0, 0.1) is 0 Å². The van der Waals surface area contributed by atoms with Gasteiger partial charge in [0.2, 0.25) is 0 Å². The molecule has 92 valence electrons. The molecule has 0 bridgehead atoms. The summed E-state index contributed by atoms with van der Waals surface area (Å²) in [5.74, 6) is -0.810. The van der Waals surface area contributed by atoms with Crippen LogP contribution >= 0.6 is 8.03 Å². The molecule has 16 heavy (non-hydrogen) atoms. The molecule has 0 fully saturated rings. The zero-order valence-corrected chi connectivity index (χ0v) is 11.2. The maximum absolute atomic E-state index is 10.6. The van der Waals surface area contributed by atoms with E-state index in [1.807, 2.05) is 0 Å². The number of hydrogen-bond donors (Lipinski definition) is 1. The molecule has 0 rings (SSSR count). The number of hydrogen-bond acceptors (Lipinski definition) is 2. The number of aliphatic carboxylic acids is 1. The van der Waals surface area contributed by atoms with Gasteiger partial charge in [-0.05, 0) is 21.1 Å². The average Bonchev–Trinajstić information content (AvgIpc) is 2.15. The first-order valence-electron chi connectivity index (χ1n) is 5.93. The Hall–Kier alpha value is -0.0751. The van der Waals surface area contributed by atoms with Crippen molar-refractivity contribution in [2.75, 3.05) is 6.66 Å². The van der Waals surface area contributed by atoms with Crippen LogP contribution in [-0.2, 0) is 9.32 Å². The van der Waals surface area contributed by atoms with Gasteiger partial charge in [0.05, 0.1) is 12.5 Å². The van der Waals surface area contributed by atoms with Crippen LogP contribution in [0.3, 0.4) is 0 Å². The van der Waals surface area contributed by atoms with Crippen LogP contribution in [0.25, 0.3) is 0 Å². The van der Waals surface area contributed by atoms with Gasteiger partial charge < -0.3 is 9.63 Å². The topological polar surface area (TPSA) is 46.5 Å². The smallest absolute Gasteiger partial charge is 0.305 e. The summed E-state index contributed by atoms with van der Waals surface area (Å²) in [7, 11) is 4.61. The minimum Gasteiger partial charge on any atom is -0.481 e. The van der Waals surface area contributed by atoms with Crippen molar-refractivity contribution < 1.29 is 14.4 Å². The molecular formula is C11H22BO3P. The highest BCUT2D eigenvalue weighted by Crippen LogP contribution is 2.30. The Morgan fingerprint density at radius 1 is 1.38 bits per heavy atom. The molecule has 0 spiro atoms. The zero-order chi connectivity index (χ0) is 12.4. The van der Waals surface area contributed by atoms with Gasteiger partial charge in [-0.2, -0.15) is 0 Å². The van der Waals surface area contributed by atoms with Crippen molar-refractivity contribution in [2.45, 2.75) is 58.0 Å². The second kappa shape index (κ2) is 10.1. The van der Waals surface area contributed by atoms with E-state index in [-0.39, 0.29) is 12.5 Å². The molecule has 5 heteroatoms. The third kappa shape index (κ3) is 10.4. The Balaban J connectivity index is 3.69. The van der Waals surface area contributed by atoms with E-state index >= 15 is 0 Å². The third-order valence-corrected chi connectivity index (χ3v) is 2.98. The van der Waals surface area contributed by atoms with Crippen LogP contribution in [0.2, 0.25) is 0 Å². The Morgan fingerprint density at radius 2 is 2.00 bits per heavy atom. The van der Waals surface area contributed by atoms with E-state index in [1.165, 1.54) is 19.3 Å². The van der Waals surface area contributed by atoms with E-state index in [1.54, 1.807) is 6.66 Å². The van der Waals surface area contributed by atoms with Gasteiger partial charge in [0.25, 0.3) is 0 Å². The average molecular weight is 244 g/mol. The normalized spacial score (nSPS) is 14.6. The fourth-order valence-corrected chi connectivity index (χ4v) is 2.25. The molecule has 0 aliphatic rings. The largest absolute Gasteiger partial charge is 0.481 e. The SMILES string of the molecule is [B]P(C)O[C@H](CCCCCCC)CC(=O)O. The van der Waals surface area contributed by atoms with Crippen LogP contribution in [0.15, 0.2) is 0 Å². The van der Waals surface area contributed by atoms with E-state index in [2.05, 4.69) is 6.92 Å². The molecule has 0 heterocycles. The summed E-state index contributed by atoms with van der Waals surface area (Å²) in [5, 5.41) is 8.72. The fourth-order valence-electron chi connectivity index (χ4n) is 1.60. The molecule has 1 N–H and O–H groups in total. The predicted molar refractivity (Wildman–Crippen MR) is 69.1 cm³/mol. The minimum absolute atomic E-state index is 0.0671. The highest BCUT2D eigenvalue weighted by molar-refractivity contribution is 7.77. The number of unbranched alkanes of at least 4 members (excludes halogenated alkanes) is 4. The molecular weight excluding hydrogens is 222 g/mol. The predicted octanol–water partition coefficient (Wildman–Crippen LogP) is 3.32. The van der Waals surface area contributed by atoms with E-state index < -0.39 is 14.0 Å². The molecule has 0 aliphatic heterocycles. The Kier molecular flexibility index (Phi) is 10.1. The zero-order valence-electron chi connectivity index (χ0n) is 10.3. The lowest BCUT2D eigenvalue weighted by Crippen LogP contribution is -2.15. The van der Waals surface area contributed by atoms with Gasteiger partial charge in [0.1, 0.15) is 7.57 Å². The Bertz CT molecular complexity index is 188. The maximum Gasteiger partial charge on any atom is 0.305 e. The number of carboxylic acids is 1. The number of carbonyl (C=O) groups is 1. The standard InChI is InChI=1S/C11H22BO3P/c1-3-4-5-6-7-8-10(9-11(13)14)15-16(2)12/h10H,3-9H2,1-2H3,(H,13,14)/t10-,16?/m1/s1. The Morgan fingerprint density at radius 3 is 2.50 bits per heavy atom. The summed E-state index contributed by atoms with van der Waals surface area (Å²) in [4.78, 5) is 10.6. The summed E-state index contributed by atoms with van der Waals surface area (Å²) in [6.45, 7) is 3.97. The molecule has 0 amide bonds. The quantitative estimate of drug-likeness (QED) is 0.364. The first kappa shape index (κ1) is 15.9. The van der Waals surface area contributed by atoms with E-state index in [4.69, 9.17) is 17.2 Å². The highest BCUT2D eigenvalue weighted by Gasteiger charge is 2.14. The summed E-state index contributed by atoms with van der Waals surface area (Å²) in [5.41, 5.74) is 0. The van der Waals surface area contributed by atoms with Crippen LogP contribution in [0.4, 0.5) is 0 Å². The Labute approximate surface area is 101 Å². The van der Waals surface area contributed by atoms with Gasteiger partial charge in [0.15, 0.2) is 0 Å². The van der Waals surface area contributed by atoms with Gasteiger partial charge in [-0.3, -0.25) is 4.79 Å². The van der Waals surface area contributed by atoms with Crippen molar-refractivity contribution in [3.8, 4) is 0 Å². The summed E-state index contributed by atoms with van der Waals surface area (Å²) in [6.07, 6.45) is 6.54. The molecule has 0 aromatic carbocycles. The summed E-state index contributed by atoms with van der Waals surface area (Å²) >= 11 is 0. The third-order valence-electron chi connectivity index (χ3n) is 2.35. The molecule has 1 unspecified atom stereocenters. The van der Waals surface area contributed by atoms with Crippen molar-refractivity contribution >= 4 is 21.6 Å². The molecule has 0 aromatic rings. The second-order valence-corrected chi connectivity index (χ2v) is 5.38. The molecule has 2 radical (unpaired) electrons. The van der Waals surface area contributed by atoms with Gasteiger partial charge in [-0.1, -0.05) is 39.0 Å². The minimum atomic E-state index is -0.961. The molecule has 0 aliphatic carbocycles. The van der Waals surface area contributed by atoms with Gasteiger partial charge in [0, 0.05) is 0 Å². The van der Waals surface area contributed by atoms with Crippen LogP contribution < -0.4 is 0 Å². The lowest BCUT2D eigenvalue weighted by molar-refractivity contribution is -0.138. The van der Waals surface area contributed by atoms with E-state index in [9.17, 15) is 4.79 Å². The monoisotopic (exact) mass is 244 g/mol. The number of carboxylic acid groups (broad SMARTS) is 1. The lowest BCUT2D eigenvalue weighted by Gasteiger charge is -2.19. The van der Waals surface area contributed by atoms with E-state index in [0.717, 1.165) is 19.3 Å². The molecule has 3 nitrogen and oxygen atoms in total. The highest BCUT2D eigenvalue weighted by atomic mass is 31.1. The molecule has 2 atom stereocenters. The van der Waals surface area contributed by atoms with Crippen molar-refractivity contribution in [3.05, 3.63) is 0 Å². The van der Waals surface area contributed by atoms with Gasteiger partial charge >= 0.3 is 5.97 Å². The van der Waals surface area contributed by atoms with Crippen LogP contribution in [0.5, 0.6) is 0 Å². The van der Waals surface area contributed by atoms with Crippen molar-refractivity contribution in [1.82, 2.24) is 0 Å². The van der Waals surface area contributed by atoms with E-state index in [0.29, 0.717) is 0 Å². The first-order chi connectivity index (χ1) is 7.56. The second-order valence-electron chi connectivity index (χ2n) is 4.07. The van der Waals surface area contributed by atoms with Gasteiger partial charge in [-0.25, -0.2) is 0 Å². The molecule has 0 saturated heterocycles. The summed E-state index contributed by atoms with van der Waals surface area (Å²) in [6, 6.07) is 0. The lowest BCUT2D eigenvalue weighted by atomic mass is 10.1. The maximum atomic E-state index is 10.6. The number of rotatable bonds is 10. The van der Waals surface area contributed by atoms with Crippen molar-refractivity contribution in [3.63, 3.8) is 0 Å². The molecule has 0 aromatic heterocycles. The first-order valence-corrected chi connectivity index (χ1v) is 7.70. The van der Waals surface area contributed by atoms with Crippen LogP contribution in [-0.4, -0.2) is 31.4 Å². The van der Waals surface area contributed by atoms with Crippen molar-refractivity contribution in [1.29, 1.82) is 0 Å². The van der Waals surface area contributed by atoms with Gasteiger partial charge in [-0.15, -0.1) is 0 Å². The fraction of sp³-hybridized carbons (Fsp3) is 0.909. The summed E-state index contributed by atoms with van der Waals surface area (Å²) < 4.78 is 5.43.